The number of rotatable bonds is 2. The molecule has 0 bridgehead atoms. The van der Waals surface area contributed by atoms with Crippen LogP contribution in [0.15, 0.2) is 24.3 Å². The van der Waals surface area contributed by atoms with Crippen LogP contribution in [0.5, 0.6) is 0 Å². The molecule has 0 saturated heterocycles. The highest BCUT2D eigenvalue weighted by molar-refractivity contribution is 5.85. The molecule has 0 atom stereocenters. The maximum Gasteiger partial charge on any atom is 0.0342 e. The Balaban J connectivity index is 0.000001000. The molecule has 1 rings (SSSR count). The Kier molecular flexibility index (Phi) is 4.71. The molecule has 0 unspecified atom stereocenters. The Labute approximate surface area is 74.2 Å². The number of nitrogens with one attached hydrogen (secondary N) is 1. The van der Waals surface area contributed by atoms with Gasteiger partial charge in [0, 0.05) is 12.2 Å². The molecule has 0 aliphatic carbocycles. The molecule has 61 valence electrons. The number of halogens is 1. The summed E-state index contributed by atoms with van der Waals surface area (Å²) in [6.45, 7) is 6.86. The Bertz CT molecular complexity index is 210. The van der Waals surface area contributed by atoms with Gasteiger partial charge in [-0.25, -0.2) is 0 Å². The minimum atomic E-state index is 0. The smallest absolute Gasteiger partial charge is 0.0342 e. The van der Waals surface area contributed by atoms with Crippen LogP contribution in [-0.2, 0) is 0 Å². The summed E-state index contributed by atoms with van der Waals surface area (Å²) in [5.41, 5.74) is 2.20. The first-order valence-electron chi connectivity index (χ1n) is 3.49. The van der Waals surface area contributed by atoms with Gasteiger partial charge in [-0.3, -0.25) is 0 Å². The van der Waals surface area contributed by atoms with Crippen LogP contribution >= 0.6 is 12.4 Å². The van der Waals surface area contributed by atoms with Crippen LogP contribution in [0.3, 0.4) is 0 Å². The van der Waals surface area contributed by atoms with E-state index >= 15 is 0 Å². The van der Waals surface area contributed by atoms with Gasteiger partial charge in [-0.05, 0) is 31.5 Å². The van der Waals surface area contributed by atoms with Gasteiger partial charge in [0.1, 0.15) is 0 Å². The maximum atomic E-state index is 3.82. The lowest BCUT2D eigenvalue weighted by atomic mass is 10.2. The molecule has 0 heterocycles. The summed E-state index contributed by atoms with van der Waals surface area (Å²) >= 11 is 0. The highest BCUT2D eigenvalue weighted by Gasteiger charge is 1.87. The number of benzene rings is 1. The van der Waals surface area contributed by atoms with Crippen LogP contribution in [0.25, 0.3) is 0 Å². The molecule has 0 aliphatic heterocycles. The summed E-state index contributed by atoms with van der Waals surface area (Å²) in [6.07, 6.45) is 0. The monoisotopic (exact) mass is 170 g/mol. The molecule has 1 N–H and O–H groups in total. The van der Waals surface area contributed by atoms with Crippen molar-refractivity contribution in [1.29, 1.82) is 0 Å². The Morgan fingerprint density at radius 1 is 1.45 bits per heavy atom. The summed E-state index contributed by atoms with van der Waals surface area (Å²) in [6, 6.07) is 8.06. The minimum absolute atomic E-state index is 0. The van der Waals surface area contributed by atoms with Crippen molar-refractivity contribution < 1.29 is 0 Å². The summed E-state index contributed by atoms with van der Waals surface area (Å²) in [5.74, 6) is 0. The molecule has 0 aromatic heterocycles. The molecule has 2 heteroatoms. The first-order valence-corrected chi connectivity index (χ1v) is 3.49. The van der Waals surface area contributed by atoms with E-state index in [1.807, 2.05) is 24.3 Å². The number of hydrogen-bond donors (Lipinski definition) is 1. The van der Waals surface area contributed by atoms with E-state index < -0.39 is 0 Å². The molecule has 0 saturated carbocycles. The van der Waals surface area contributed by atoms with Gasteiger partial charge >= 0.3 is 0 Å². The molecule has 11 heavy (non-hydrogen) atoms. The lowest BCUT2D eigenvalue weighted by molar-refractivity contribution is 1.21. The summed E-state index contributed by atoms with van der Waals surface area (Å²) < 4.78 is 0. The van der Waals surface area contributed by atoms with Gasteiger partial charge in [0.05, 0.1) is 0 Å². The van der Waals surface area contributed by atoms with E-state index in [0.717, 1.165) is 17.8 Å². The Morgan fingerprint density at radius 3 is 2.73 bits per heavy atom. The van der Waals surface area contributed by atoms with E-state index in [0.29, 0.717) is 0 Å². The van der Waals surface area contributed by atoms with E-state index in [1.165, 1.54) is 0 Å². The number of hydrogen-bond acceptors (Lipinski definition) is 1. The van der Waals surface area contributed by atoms with Crippen LogP contribution in [-0.4, -0.2) is 6.54 Å². The Morgan fingerprint density at radius 2 is 2.18 bits per heavy atom. The molecule has 0 aliphatic rings. The van der Waals surface area contributed by atoms with Crippen LogP contribution < -0.4 is 5.32 Å². The van der Waals surface area contributed by atoms with Crippen molar-refractivity contribution in [3.63, 3.8) is 0 Å². The van der Waals surface area contributed by atoms with Gasteiger partial charge in [0.2, 0.25) is 0 Å². The molecule has 0 spiro atoms. The zero-order chi connectivity index (χ0) is 7.40. The molecule has 1 radical (unpaired) electrons. The Hall–Kier alpha value is -0.690. The van der Waals surface area contributed by atoms with Crippen molar-refractivity contribution >= 4 is 18.1 Å². The van der Waals surface area contributed by atoms with Gasteiger partial charge in [0.25, 0.3) is 0 Å². The SMILES string of the molecule is Cl.[CH2]c1cccc(NCC)c1. The highest BCUT2D eigenvalue weighted by atomic mass is 35.5. The third-order valence-electron chi connectivity index (χ3n) is 1.31. The summed E-state index contributed by atoms with van der Waals surface area (Å²) in [5, 5.41) is 3.21. The second kappa shape index (κ2) is 5.03. The van der Waals surface area contributed by atoms with E-state index in [-0.39, 0.29) is 12.4 Å². The average molecular weight is 171 g/mol. The van der Waals surface area contributed by atoms with Crippen molar-refractivity contribution in [2.75, 3.05) is 11.9 Å². The van der Waals surface area contributed by atoms with Gasteiger partial charge in [-0.2, -0.15) is 0 Å². The molecular weight excluding hydrogens is 158 g/mol. The van der Waals surface area contributed by atoms with Crippen LogP contribution in [0, 0.1) is 6.92 Å². The molecule has 1 aromatic rings. The zero-order valence-electron chi connectivity index (χ0n) is 6.63. The van der Waals surface area contributed by atoms with E-state index in [1.54, 1.807) is 0 Å². The predicted molar refractivity (Wildman–Crippen MR) is 52.3 cm³/mol. The molecule has 0 amide bonds. The lowest BCUT2D eigenvalue weighted by Gasteiger charge is -2.01. The van der Waals surface area contributed by atoms with Gasteiger partial charge < -0.3 is 5.32 Å². The fourth-order valence-electron chi connectivity index (χ4n) is 0.885. The second-order valence-electron chi connectivity index (χ2n) is 2.23. The average Bonchev–Trinajstić information content (AvgIpc) is 1.88. The van der Waals surface area contributed by atoms with Gasteiger partial charge in [-0.15, -0.1) is 12.4 Å². The van der Waals surface area contributed by atoms with Crippen molar-refractivity contribution in [2.24, 2.45) is 0 Å². The highest BCUT2D eigenvalue weighted by Crippen LogP contribution is 2.08. The standard InChI is InChI=1S/C9H12N.ClH/c1-3-10-9-6-4-5-8(2)7-9;/h4-7,10H,2-3H2,1H3;1H. The van der Waals surface area contributed by atoms with Crippen LogP contribution in [0.1, 0.15) is 12.5 Å². The largest absolute Gasteiger partial charge is 0.385 e. The maximum absolute atomic E-state index is 3.82. The summed E-state index contributed by atoms with van der Waals surface area (Å²) in [4.78, 5) is 0. The molecule has 0 fully saturated rings. The minimum Gasteiger partial charge on any atom is -0.385 e. The van der Waals surface area contributed by atoms with E-state index in [2.05, 4.69) is 19.2 Å². The van der Waals surface area contributed by atoms with Gasteiger partial charge in [0.15, 0.2) is 0 Å². The first-order chi connectivity index (χ1) is 4.83. The molecule has 1 nitrogen and oxygen atoms in total. The second-order valence-corrected chi connectivity index (χ2v) is 2.23. The normalized spacial score (nSPS) is 8.55. The van der Waals surface area contributed by atoms with Crippen molar-refractivity contribution in [2.45, 2.75) is 6.92 Å². The molecular formula is C9H13ClN. The fourth-order valence-corrected chi connectivity index (χ4v) is 0.885. The first kappa shape index (κ1) is 10.3. The molecule has 1 aromatic carbocycles. The van der Waals surface area contributed by atoms with Gasteiger partial charge in [-0.1, -0.05) is 12.1 Å². The summed E-state index contributed by atoms with van der Waals surface area (Å²) in [7, 11) is 0. The topological polar surface area (TPSA) is 12.0 Å². The fraction of sp³-hybridized carbons (Fsp3) is 0.222. The van der Waals surface area contributed by atoms with E-state index in [4.69, 9.17) is 0 Å². The third kappa shape index (κ3) is 3.28. The van der Waals surface area contributed by atoms with Crippen molar-refractivity contribution in [3.05, 3.63) is 36.8 Å². The van der Waals surface area contributed by atoms with Crippen LogP contribution in [0.2, 0.25) is 0 Å². The van der Waals surface area contributed by atoms with Crippen molar-refractivity contribution in [1.82, 2.24) is 0 Å². The van der Waals surface area contributed by atoms with Crippen molar-refractivity contribution in [3.8, 4) is 0 Å². The zero-order valence-corrected chi connectivity index (χ0v) is 7.45. The van der Waals surface area contributed by atoms with Crippen LogP contribution in [0.4, 0.5) is 5.69 Å². The quantitative estimate of drug-likeness (QED) is 0.720. The predicted octanol–water partition coefficient (Wildman–Crippen LogP) is 2.72. The lowest BCUT2D eigenvalue weighted by Crippen LogP contribution is -1.95. The van der Waals surface area contributed by atoms with E-state index in [9.17, 15) is 0 Å². The third-order valence-corrected chi connectivity index (χ3v) is 1.31. The number of anilines is 1.